The Hall–Kier alpha value is -0.990. The molecule has 0 N–H and O–H groups in total. The SMILES string of the molecule is CCCCC(=O)CCC(=O)CC=O. The fourth-order valence-electron chi connectivity index (χ4n) is 0.973. The second kappa shape index (κ2) is 7.65. The van der Waals surface area contributed by atoms with Crippen molar-refractivity contribution in [1.82, 2.24) is 0 Å². The average Bonchev–Trinajstić information content (AvgIpc) is 2.12. The average molecular weight is 184 g/mol. The van der Waals surface area contributed by atoms with Crippen molar-refractivity contribution in [2.75, 3.05) is 0 Å². The molecule has 0 aromatic carbocycles. The monoisotopic (exact) mass is 184 g/mol. The third-order valence-corrected chi connectivity index (χ3v) is 1.80. The summed E-state index contributed by atoms with van der Waals surface area (Å²) in [4.78, 5) is 31.8. The van der Waals surface area contributed by atoms with E-state index in [1.165, 1.54) is 0 Å². The van der Waals surface area contributed by atoms with Crippen LogP contribution >= 0.6 is 0 Å². The van der Waals surface area contributed by atoms with Crippen LogP contribution in [-0.4, -0.2) is 17.9 Å². The van der Waals surface area contributed by atoms with E-state index < -0.39 is 0 Å². The summed E-state index contributed by atoms with van der Waals surface area (Å²) in [5.41, 5.74) is 0. The van der Waals surface area contributed by atoms with Gasteiger partial charge in [0.1, 0.15) is 17.9 Å². The molecule has 0 aliphatic carbocycles. The highest BCUT2D eigenvalue weighted by atomic mass is 16.1. The molecule has 0 spiro atoms. The van der Waals surface area contributed by atoms with E-state index >= 15 is 0 Å². The van der Waals surface area contributed by atoms with E-state index in [0.29, 0.717) is 19.1 Å². The van der Waals surface area contributed by atoms with Gasteiger partial charge in [0.05, 0.1) is 6.42 Å². The zero-order valence-electron chi connectivity index (χ0n) is 8.04. The first-order valence-electron chi connectivity index (χ1n) is 4.67. The number of hydrogen-bond donors (Lipinski definition) is 0. The summed E-state index contributed by atoms with van der Waals surface area (Å²) in [5, 5.41) is 0. The Balaban J connectivity index is 3.45. The summed E-state index contributed by atoms with van der Waals surface area (Å²) in [7, 11) is 0. The maximum atomic E-state index is 11.1. The molecule has 0 unspecified atom stereocenters. The first-order valence-corrected chi connectivity index (χ1v) is 4.67. The van der Waals surface area contributed by atoms with Gasteiger partial charge in [-0.3, -0.25) is 9.59 Å². The Morgan fingerprint density at radius 3 is 2.23 bits per heavy atom. The molecule has 0 aromatic heterocycles. The molecule has 74 valence electrons. The molecule has 0 radical (unpaired) electrons. The van der Waals surface area contributed by atoms with Crippen molar-refractivity contribution in [3.05, 3.63) is 0 Å². The van der Waals surface area contributed by atoms with Gasteiger partial charge in [-0.15, -0.1) is 0 Å². The van der Waals surface area contributed by atoms with Crippen molar-refractivity contribution < 1.29 is 14.4 Å². The van der Waals surface area contributed by atoms with Crippen LogP contribution in [0.5, 0.6) is 0 Å². The van der Waals surface area contributed by atoms with Crippen LogP contribution in [0.2, 0.25) is 0 Å². The largest absolute Gasteiger partial charge is 0.303 e. The standard InChI is InChI=1S/C10H16O3/c1-2-3-4-9(12)5-6-10(13)7-8-11/h8H,2-7H2,1H3. The molecular weight excluding hydrogens is 168 g/mol. The highest BCUT2D eigenvalue weighted by molar-refractivity contribution is 5.92. The Morgan fingerprint density at radius 2 is 1.69 bits per heavy atom. The van der Waals surface area contributed by atoms with Gasteiger partial charge in [-0.05, 0) is 6.42 Å². The third kappa shape index (κ3) is 7.37. The smallest absolute Gasteiger partial charge is 0.140 e. The molecule has 0 saturated carbocycles. The lowest BCUT2D eigenvalue weighted by atomic mass is 10.1. The predicted molar refractivity (Wildman–Crippen MR) is 49.5 cm³/mol. The van der Waals surface area contributed by atoms with Crippen LogP contribution in [0.4, 0.5) is 0 Å². The van der Waals surface area contributed by atoms with E-state index in [1.807, 2.05) is 6.92 Å². The van der Waals surface area contributed by atoms with Crippen LogP contribution < -0.4 is 0 Å². The zero-order chi connectivity index (χ0) is 10.1. The van der Waals surface area contributed by atoms with Crippen LogP contribution in [0.3, 0.4) is 0 Å². The van der Waals surface area contributed by atoms with Crippen molar-refractivity contribution in [2.45, 2.75) is 45.4 Å². The summed E-state index contributed by atoms with van der Waals surface area (Å²) in [5.74, 6) is -0.0130. The van der Waals surface area contributed by atoms with Crippen molar-refractivity contribution in [3.8, 4) is 0 Å². The molecule has 0 rings (SSSR count). The Kier molecular flexibility index (Phi) is 7.07. The highest BCUT2D eigenvalue weighted by Crippen LogP contribution is 2.02. The van der Waals surface area contributed by atoms with Gasteiger partial charge in [-0.2, -0.15) is 0 Å². The molecule has 13 heavy (non-hydrogen) atoms. The van der Waals surface area contributed by atoms with Crippen molar-refractivity contribution in [2.24, 2.45) is 0 Å². The minimum absolute atomic E-state index is 0.0545. The second-order valence-electron chi connectivity index (χ2n) is 3.05. The fraction of sp³-hybridized carbons (Fsp3) is 0.700. The molecule has 0 aliphatic heterocycles. The van der Waals surface area contributed by atoms with Crippen LogP contribution in [-0.2, 0) is 14.4 Å². The van der Waals surface area contributed by atoms with Crippen LogP contribution in [0, 0.1) is 0 Å². The molecule has 0 fully saturated rings. The van der Waals surface area contributed by atoms with Gasteiger partial charge < -0.3 is 4.79 Å². The summed E-state index contributed by atoms with van der Waals surface area (Å²) in [6, 6.07) is 0. The summed E-state index contributed by atoms with van der Waals surface area (Å²) >= 11 is 0. The van der Waals surface area contributed by atoms with Crippen molar-refractivity contribution in [1.29, 1.82) is 0 Å². The van der Waals surface area contributed by atoms with E-state index in [1.54, 1.807) is 0 Å². The van der Waals surface area contributed by atoms with Crippen LogP contribution in [0.1, 0.15) is 45.4 Å². The minimum atomic E-state index is -0.139. The number of rotatable bonds is 8. The lowest BCUT2D eigenvalue weighted by Gasteiger charge is -1.97. The molecule has 3 nitrogen and oxygen atoms in total. The minimum Gasteiger partial charge on any atom is -0.303 e. The molecule has 0 bridgehead atoms. The summed E-state index contributed by atoms with van der Waals surface area (Å²) < 4.78 is 0. The van der Waals surface area contributed by atoms with Gasteiger partial charge in [0, 0.05) is 19.3 Å². The normalized spacial score (nSPS) is 9.62. The number of ketones is 2. The Labute approximate surface area is 78.5 Å². The van der Waals surface area contributed by atoms with Crippen molar-refractivity contribution >= 4 is 17.9 Å². The fourth-order valence-corrected chi connectivity index (χ4v) is 0.973. The van der Waals surface area contributed by atoms with E-state index in [2.05, 4.69) is 0 Å². The lowest BCUT2D eigenvalue weighted by Crippen LogP contribution is -2.04. The van der Waals surface area contributed by atoms with E-state index in [4.69, 9.17) is 0 Å². The number of carbonyl (C=O) groups excluding carboxylic acids is 3. The summed E-state index contributed by atoms with van der Waals surface area (Å²) in [6.45, 7) is 2.02. The van der Waals surface area contributed by atoms with Gasteiger partial charge in [0.25, 0.3) is 0 Å². The molecule has 0 saturated heterocycles. The van der Waals surface area contributed by atoms with Gasteiger partial charge >= 0.3 is 0 Å². The number of unbranched alkanes of at least 4 members (excludes halogenated alkanes) is 1. The third-order valence-electron chi connectivity index (χ3n) is 1.80. The number of Topliss-reactive ketones (excluding diaryl/α,β-unsaturated/α-hetero) is 2. The molecule has 0 heterocycles. The molecule has 0 amide bonds. The van der Waals surface area contributed by atoms with E-state index in [0.717, 1.165) is 12.8 Å². The number of aldehydes is 1. The number of hydrogen-bond acceptors (Lipinski definition) is 3. The van der Waals surface area contributed by atoms with Crippen LogP contribution in [0.25, 0.3) is 0 Å². The summed E-state index contributed by atoms with van der Waals surface area (Å²) in [6.07, 6.45) is 3.49. The van der Waals surface area contributed by atoms with Crippen LogP contribution in [0.15, 0.2) is 0 Å². The lowest BCUT2D eigenvalue weighted by molar-refractivity contribution is -0.126. The first-order chi connectivity index (χ1) is 6.20. The highest BCUT2D eigenvalue weighted by Gasteiger charge is 2.05. The van der Waals surface area contributed by atoms with Gasteiger partial charge in [0.15, 0.2) is 0 Å². The topological polar surface area (TPSA) is 51.2 Å². The Bertz CT molecular complexity index is 185. The maximum absolute atomic E-state index is 11.1. The molecule has 0 aromatic rings. The zero-order valence-corrected chi connectivity index (χ0v) is 8.04. The van der Waals surface area contributed by atoms with Gasteiger partial charge in [0.2, 0.25) is 0 Å². The molecule has 0 aliphatic rings. The van der Waals surface area contributed by atoms with Gasteiger partial charge in [-0.1, -0.05) is 13.3 Å². The quantitative estimate of drug-likeness (QED) is 0.426. The van der Waals surface area contributed by atoms with E-state index in [-0.39, 0.29) is 24.4 Å². The van der Waals surface area contributed by atoms with Gasteiger partial charge in [-0.25, -0.2) is 0 Å². The second-order valence-corrected chi connectivity index (χ2v) is 3.05. The molecule has 3 heteroatoms. The molecular formula is C10H16O3. The predicted octanol–water partition coefficient (Wildman–Crippen LogP) is 1.68. The Morgan fingerprint density at radius 1 is 1.08 bits per heavy atom. The number of carbonyl (C=O) groups is 3. The maximum Gasteiger partial charge on any atom is 0.140 e. The molecule has 0 atom stereocenters. The first kappa shape index (κ1) is 12.0. The van der Waals surface area contributed by atoms with E-state index in [9.17, 15) is 14.4 Å². The van der Waals surface area contributed by atoms with Crippen molar-refractivity contribution in [3.63, 3.8) is 0 Å².